The molecule has 0 rings (SSSR count). The maximum atomic E-state index is 13.1. The molecule has 3 N–H and O–H groups in total. The minimum Gasteiger partial charge on any atom is -0.462 e. The maximum absolute atomic E-state index is 13.1. The molecule has 0 aromatic heterocycles. The van der Waals surface area contributed by atoms with E-state index in [1.54, 1.807) is 0 Å². The van der Waals surface area contributed by atoms with Gasteiger partial charge in [-0.25, -0.2) is 9.13 Å². The third-order valence-corrected chi connectivity index (χ3v) is 20.4. The molecule has 0 heterocycles. The molecule has 0 aliphatic rings. The smallest absolute Gasteiger partial charge is 0.462 e. The molecule has 0 saturated carbocycles. The summed E-state index contributed by atoms with van der Waals surface area (Å²) in [5.74, 6) is 1.00. The second-order valence-corrected chi connectivity index (χ2v) is 32.1. The van der Waals surface area contributed by atoms with Gasteiger partial charge < -0.3 is 33.8 Å². The van der Waals surface area contributed by atoms with Crippen molar-refractivity contribution in [3.63, 3.8) is 0 Å². The highest BCUT2D eigenvalue weighted by Crippen LogP contribution is 2.45. The topological polar surface area (TPSA) is 237 Å². The van der Waals surface area contributed by atoms with Gasteiger partial charge in [0.2, 0.25) is 0 Å². The molecule has 0 bridgehead atoms. The number of phosphoric acid groups is 2. The Kier molecular flexibility index (Phi) is 65.0. The first-order valence-corrected chi connectivity index (χ1v) is 42.8. The second kappa shape index (κ2) is 66.3. The van der Waals surface area contributed by atoms with Crippen LogP contribution in [0.3, 0.4) is 0 Å². The molecule has 0 fully saturated rings. The van der Waals surface area contributed by atoms with Crippen LogP contribution in [0.4, 0.5) is 0 Å². The monoisotopic (exact) mass is 1410 g/mol. The molecule has 17 nitrogen and oxygen atoms in total. The third kappa shape index (κ3) is 67.9. The van der Waals surface area contributed by atoms with Crippen LogP contribution in [0, 0.1) is 23.7 Å². The minimum absolute atomic E-state index is 0.104. The van der Waals surface area contributed by atoms with Crippen LogP contribution in [0.15, 0.2) is 0 Å². The summed E-state index contributed by atoms with van der Waals surface area (Å²) in [6.07, 6.45) is 51.2. The lowest BCUT2D eigenvalue weighted by Gasteiger charge is -2.21. The molecule has 96 heavy (non-hydrogen) atoms. The van der Waals surface area contributed by atoms with Crippen LogP contribution in [-0.2, 0) is 65.4 Å². The van der Waals surface area contributed by atoms with Crippen molar-refractivity contribution in [3.05, 3.63) is 0 Å². The molecule has 0 aliphatic carbocycles. The normalized spacial score (nSPS) is 14.7. The van der Waals surface area contributed by atoms with Gasteiger partial charge in [-0.05, 0) is 49.4 Å². The van der Waals surface area contributed by atoms with Crippen LogP contribution in [0.2, 0.25) is 0 Å². The van der Waals surface area contributed by atoms with Crippen LogP contribution in [0.1, 0.15) is 389 Å². The van der Waals surface area contributed by atoms with Crippen LogP contribution in [-0.4, -0.2) is 96.7 Å². The van der Waals surface area contributed by atoms with Crippen LogP contribution < -0.4 is 0 Å². The average Bonchev–Trinajstić information content (AvgIpc) is 1.70. The molecule has 7 atom stereocenters. The lowest BCUT2D eigenvalue weighted by molar-refractivity contribution is -0.161. The summed E-state index contributed by atoms with van der Waals surface area (Å²) in [5, 5.41) is 10.6. The van der Waals surface area contributed by atoms with E-state index in [1.807, 2.05) is 0 Å². The Morgan fingerprint density at radius 3 is 0.740 bits per heavy atom. The average molecular weight is 1410 g/mol. The van der Waals surface area contributed by atoms with Crippen molar-refractivity contribution in [2.45, 2.75) is 408 Å². The van der Waals surface area contributed by atoms with E-state index in [1.165, 1.54) is 193 Å². The zero-order valence-electron chi connectivity index (χ0n) is 63.0. The van der Waals surface area contributed by atoms with Crippen LogP contribution in [0.5, 0.6) is 0 Å². The zero-order valence-corrected chi connectivity index (χ0v) is 64.8. The van der Waals surface area contributed by atoms with Crippen molar-refractivity contribution in [2.24, 2.45) is 23.7 Å². The molecule has 0 aromatic rings. The number of hydrogen-bond acceptors (Lipinski definition) is 15. The van der Waals surface area contributed by atoms with Gasteiger partial charge in [0.15, 0.2) is 12.2 Å². The van der Waals surface area contributed by atoms with Crippen LogP contribution in [0.25, 0.3) is 0 Å². The molecular formula is C77H150O17P2. The molecular weight excluding hydrogens is 1260 g/mol. The molecule has 0 aliphatic heterocycles. The molecule has 0 radical (unpaired) electrons. The first-order valence-electron chi connectivity index (χ1n) is 39.8. The Bertz CT molecular complexity index is 1890. The largest absolute Gasteiger partial charge is 0.472 e. The van der Waals surface area contributed by atoms with E-state index < -0.39 is 97.5 Å². The van der Waals surface area contributed by atoms with E-state index in [2.05, 4.69) is 55.4 Å². The van der Waals surface area contributed by atoms with Crippen molar-refractivity contribution in [1.29, 1.82) is 0 Å². The van der Waals surface area contributed by atoms with Gasteiger partial charge in [0.05, 0.1) is 26.4 Å². The van der Waals surface area contributed by atoms with Crippen LogP contribution >= 0.6 is 15.6 Å². The first-order chi connectivity index (χ1) is 46.2. The SMILES string of the molecule is CCC(C)CCCCCCCCCCC(=O)OC[C@H](COP(=O)(O)OC[C@H](O)COP(=O)(O)OC[C@@H](COC(=O)CCCCCCCCCCCCCCCC(C)C)OC(=O)CCCCCCCCCCCCCCCC(C)C)OC(=O)CCCCCCCCCCC(C)CC. The summed E-state index contributed by atoms with van der Waals surface area (Å²) in [5.41, 5.74) is 0. The van der Waals surface area contributed by atoms with Crippen molar-refractivity contribution in [3.8, 4) is 0 Å². The number of esters is 4. The molecule has 0 aromatic carbocycles. The van der Waals surface area contributed by atoms with E-state index in [-0.39, 0.29) is 25.7 Å². The number of hydrogen-bond donors (Lipinski definition) is 3. The Labute approximate surface area is 588 Å². The van der Waals surface area contributed by atoms with Gasteiger partial charge >= 0.3 is 39.5 Å². The second-order valence-electron chi connectivity index (χ2n) is 29.2. The molecule has 0 amide bonds. The fraction of sp³-hybridized carbons (Fsp3) is 0.948. The van der Waals surface area contributed by atoms with Gasteiger partial charge in [0.25, 0.3) is 0 Å². The highest BCUT2D eigenvalue weighted by Gasteiger charge is 2.30. The summed E-state index contributed by atoms with van der Waals surface area (Å²) in [6, 6.07) is 0. The number of carbonyl (C=O) groups is 4. The highest BCUT2D eigenvalue weighted by atomic mass is 31.2. The Morgan fingerprint density at radius 2 is 0.500 bits per heavy atom. The molecule has 19 heteroatoms. The number of aliphatic hydroxyl groups excluding tert-OH is 1. The van der Waals surface area contributed by atoms with Gasteiger partial charge in [0, 0.05) is 25.7 Å². The number of ether oxygens (including phenoxy) is 4. The minimum atomic E-state index is -4.96. The first kappa shape index (κ1) is 94.1. The van der Waals surface area contributed by atoms with Gasteiger partial charge in [-0.1, -0.05) is 338 Å². The zero-order chi connectivity index (χ0) is 71.0. The van der Waals surface area contributed by atoms with Crippen molar-refractivity contribution in [2.75, 3.05) is 39.6 Å². The van der Waals surface area contributed by atoms with Gasteiger partial charge in [-0.3, -0.25) is 37.3 Å². The van der Waals surface area contributed by atoms with Crippen molar-refractivity contribution < 1.29 is 80.2 Å². The predicted octanol–water partition coefficient (Wildman–Crippen LogP) is 22.4. The van der Waals surface area contributed by atoms with Gasteiger partial charge in [-0.2, -0.15) is 0 Å². The summed E-state index contributed by atoms with van der Waals surface area (Å²) in [4.78, 5) is 72.9. The van der Waals surface area contributed by atoms with E-state index in [0.29, 0.717) is 25.7 Å². The quantitative estimate of drug-likeness (QED) is 0.0222. The number of unbranched alkanes of at least 4 members (excludes halogenated alkanes) is 38. The standard InChI is InChI=1S/C77H150O17P2/c1-9-69(7)55-47-39-31-25-27-34-42-50-58-75(80)88-64-73(94-77(82)60-52-44-36-28-26-32-40-48-56-70(8)10-2)66-92-96(85,86)90-62-71(78)61-89-95(83,84)91-65-72(93-76(81)59-51-43-35-24-20-16-12-14-18-22-30-38-46-54-68(5)6)63-87-74(79)57-49-41-33-23-19-15-11-13-17-21-29-37-45-53-67(3)4/h67-73,78H,9-66H2,1-8H3,(H,83,84)(H,85,86)/t69?,70?,71-,72-,73-/m1/s1. The van der Waals surface area contributed by atoms with Crippen molar-refractivity contribution in [1.82, 2.24) is 0 Å². The summed E-state index contributed by atoms with van der Waals surface area (Å²) in [7, 11) is -9.92. The summed E-state index contributed by atoms with van der Waals surface area (Å²) < 4.78 is 68.6. The number of carbonyl (C=O) groups excluding carboxylic acids is 4. The Morgan fingerprint density at radius 1 is 0.292 bits per heavy atom. The fourth-order valence-corrected chi connectivity index (χ4v) is 13.2. The van der Waals surface area contributed by atoms with Gasteiger partial charge in [-0.15, -0.1) is 0 Å². The number of aliphatic hydroxyl groups is 1. The molecule has 0 saturated heterocycles. The molecule has 570 valence electrons. The van der Waals surface area contributed by atoms with E-state index in [0.717, 1.165) is 114 Å². The fourth-order valence-electron chi connectivity index (χ4n) is 11.7. The lowest BCUT2D eigenvalue weighted by atomic mass is 9.99. The number of phosphoric ester groups is 2. The predicted molar refractivity (Wildman–Crippen MR) is 391 cm³/mol. The third-order valence-electron chi connectivity index (χ3n) is 18.5. The Balaban J connectivity index is 5.27. The maximum Gasteiger partial charge on any atom is 0.472 e. The van der Waals surface area contributed by atoms with Gasteiger partial charge in [0.1, 0.15) is 19.3 Å². The Hall–Kier alpha value is -1.94. The van der Waals surface area contributed by atoms with E-state index in [4.69, 9.17) is 37.0 Å². The van der Waals surface area contributed by atoms with E-state index >= 15 is 0 Å². The van der Waals surface area contributed by atoms with E-state index in [9.17, 15) is 43.2 Å². The number of rotatable bonds is 74. The highest BCUT2D eigenvalue weighted by molar-refractivity contribution is 7.47. The lowest BCUT2D eigenvalue weighted by Crippen LogP contribution is -2.30. The molecule has 0 spiro atoms. The summed E-state index contributed by atoms with van der Waals surface area (Å²) >= 11 is 0. The molecule has 4 unspecified atom stereocenters. The van der Waals surface area contributed by atoms with Crippen molar-refractivity contribution >= 4 is 39.5 Å². The summed E-state index contributed by atoms with van der Waals surface area (Å²) in [6.45, 7) is 14.2.